The van der Waals surface area contributed by atoms with Crippen molar-refractivity contribution in [1.82, 2.24) is 29.4 Å². The Morgan fingerprint density at radius 2 is 1.93 bits per heavy atom. The van der Waals surface area contributed by atoms with Gasteiger partial charge >= 0.3 is 5.69 Å². The summed E-state index contributed by atoms with van der Waals surface area (Å²) in [5.74, 6) is -0.727. The zero-order valence-electron chi connectivity index (χ0n) is 23.3. The van der Waals surface area contributed by atoms with Gasteiger partial charge in [-0.05, 0) is 45.9 Å². The molecule has 1 unspecified atom stereocenters. The van der Waals surface area contributed by atoms with Gasteiger partial charge < -0.3 is 14.8 Å². The molecule has 41 heavy (non-hydrogen) atoms. The largest absolute Gasteiger partial charge is 0.496 e. The van der Waals surface area contributed by atoms with Gasteiger partial charge in [-0.3, -0.25) is 14.2 Å². The summed E-state index contributed by atoms with van der Waals surface area (Å²) >= 11 is 1.13. The first-order valence-electron chi connectivity index (χ1n) is 12.9. The fraction of sp³-hybridized carbons (Fsp3) is 0.407. The molecule has 216 valence electrons. The minimum Gasteiger partial charge on any atom is -0.496 e. The zero-order valence-corrected chi connectivity index (χ0v) is 24.1. The number of hydrogen-bond donors (Lipinski definition) is 1. The van der Waals surface area contributed by atoms with E-state index in [1.165, 1.54) is 54.0 Å². The lowest BCUT2D eigenvalue weighted by Crippen LogP contribution is -2.47. The summed E-state index contributed by atoms with van der Waals surface area (Å²) in [5.41, 5.74) is -0.545. The van der Waals surface area contributed by atoms with Gasteiger partial charge in [0.05, 0.1) is 50.5 Å². The number of hydrogen-bond acceptors (Lipinski definition) is 9. The molecule has 1 amide bonds. The minimum atomic E-state index is -1.14. The normalized spacial score (nSPS) is 12.8. The summed E-state index contributed by atoms with van der Waals surface area (Å²) in [6, 6.07) is 4.57. The molecule has 4 rings (SSSR count). The molecule has 14 heteroatoms. The first-order chi connectivity index (χ1) is 19.6. The van der Waals surface area contributed by atoms with Crippen LogP contribution < -0.4 is 21.3 Å². The summed E-state index contributed by atoms with van der Waals surface area (Å²) < 4.78 is 28.1. The number of rotatable bonds is 11. The number of carbonyl (C=O) groups excluding carboxylic acids is 1. The molecule has 0 saturated carbocycles. The number of nitrogens with zero attached hydrogens (tertiary/aromatic N) is 6. The molecule has 0 bridgehead atoms. The highest BCUT2D eigenvalue weighted by molar-refractivity contribution is 7.21. The number of nitriles is 1. The Labute approximate surface area is 238 Å². The van der Waals surface area contributed by atoms with Crippen LogP contribution >= 0.6 is 11.3 Å². The molecular weight excluding hydrogens is 553 g/mol. The van der Waals surface area contributed by atoms with Crippen LogP contribution in [0.1, 0.15) is 50.5 Å². The van der Waals surface area contributed by atoms with E-state index in [-0.39, 0.29) is 31.0 Å². The van der Waals surface area contributed by atoms with Crippen molar-refractivity contribution in [3.8, 4) is 16.8 Å². The molecule has 0 fully saturated rings. The molecule has 0 aliphatic carbocycles. The lowest BCUT2D eigenvalue weighted by atomic mass is 10.1. The maximum atomic E-state index is 14.4. The molecule has 3 aromatic heterocycles. The number of aromatic nitrogens is 5. The van der Waals surface area contributed by atoms with Crippen LogP contribution in [0.3, 0.4) is 0 Å². The van der Waals surface area contributed by atoms with Crippen LogP contribution in [0.4, 0.5) is 4.39 Å². The second kappa shape index (κ2) is 12.4. The van der Waals surface area contributed by atoms with Gasteiger partial charge in [0, 0.05) is 17.2 Å². The highest BCUT2D eigenvalue weighted by atomic mass is 32.1. The summed E-state index contributed by atoms with van der Waals surface area (Å²) in [6.45, 7) is 6.56. The second-order valence-corrected chi connectivity index (χ2v) is 10.6. The first kappa shape index (κ1) is 29.6. The topological polar surface area (TPSA) is 146 Å². The minimum absolute atomic E-state index is 0.00249. The Hall–Kier alpha value is -4.35. The fourth-order valence-electron chi connectivity index (χ4n) is 4.50. The number of benzene rings is 1. The number of carbonyl (C=O) groups is 1. The van der Waals surface area contributed by atoms with Crippen molar-refractivity contribution < 1.29 is 18.7 Å². The number of ether oxygens (including phenoxy) is 2. The number of methoxy groups -OCH3 is 1. The van der Waals surface area contributed by atoms with Crippen LogP contribution in [-0.2, 0) is 16.1 Å². The highest BCUT2D eigenvalue weighted by Crippen LogP contribution is 2.34. The van der Waals surface area contributed by atoms with Crippen molar-refractivity contribution in [3.05, 3.63) is 68.4 Å². The molecule has 0 saturated heterocycles. The van der Waals surface area contributed by atoms with Gasteiger partial charge in [-0.25, -0.2) is 13.8 Å². The quantitative estimate of drug-likeness (QED) is 0.265. The van der Waals surface area contributed by atoms with E-state index >= 15 is 0 Å². The standard InChI is InChI=1S/C27H30FN7O5S/c1-15(2)32-23(36)17(4)34-24(37)22-16(3)25(35-30-10-11-31-35)41-26(22)33(27(34)38)14-21(40-12-6-9-29)19-13-18(28)7-8-20(19)39-5/h7-8,10-11,13,15,17,21H,6,12,14H2,1-5H3,(H,32,36)/t17-,21?/m1/s1. The van der Waals surface area contributed by atoms with E-state index in [2.05, 4.69) is 15.5 Å². The van der Waals surface area contributed by atoms with Crippen LogP contribution in [-0.4, -0.2) is 49.8 Å². The highest BCUT2D eigenvalue weighted by Gasteiger charge is 2.29. The molecule has 1 aromatic carbocycles. The number of amides is 1. The van der Waals surface area contributed by atoms with E-state index in [0.717, 1.165) is 15.9 Å². The number of halogens is 1. The summed E-state index contributed by atoms with van der Waals surface area (Å²) in [6.07, 6.45) is 2.08. The molecule has 2 atom stereocenters. The van der Waals surface area contributed by atoms with Crippen LogP contribution in [0.2, 0.25) is 0 Å². The summed E-state index contributed by atoms with van der Waals surface area (Å²) in [7, 11) is 1.43. The third kappa shape index (κ3) is 5.91. The van der Waals surface area contributed by atoms with Gasteiger partial charge in [0.1, 0.15) is 33.5 Å². The van der Waals surface area contributed by atoms with Crippen molar-refractivity contribution >= 4 is 27.5 Å². The van der Waals surface area contributed by atoms with Crippen molar-refractivity contribution in [2.24, 2.45) is 0 Å². The Bertz CT molecular complexity index is 1720. The van der Waals surface area contributed by atoms with Crippen molar-refractivity contribution in [1.29, 1.82) is 5.26 Å². The Morgan fingerprint density at radius 1 is 1.22 bits per heavy atom. The molecule has 0 aliphatic heterocycles. The third-order valence-corrected chi connectivity index (χ3v) is 7.72. The van der Waals surface area contributed by atoms with Crippen LogP contribution in [0.15, 0.2) is 40.2 Å². The van der Waals surface area contributed by atoms with Gasteiger partial charge in [0.2, 0.25) is 5.91 Å². The van der Waals surface area contributed by atoms with E-state index in [1.807, 2.05) is 6.07 Å². The van der Waals surface area contributed by atoms with Gasteiger partial charge in [0.25, 0.3) is 5.56 Å². The summed E-state index contributed by atoms with van der Waals surface area (Å²) in [4.78, 5) is 42.5. The van der Waals surface area contributed by atoms with Crippen LogP contribution in [0.25, 0.3) is 15.2 Å². The van der Waals surface area contributed by atoms with Crippen LogP contribution in [0.5, 0.6) is 5.75 Å². The Kier molecular flexibility index (Phi) is 8.99. The maximum Gasteiger partial charge on any atom is 0.332 e. The van der Waals surface area contributed by atoms with E-state index < -0.39 is 35.1 Å². The van der Waals surface area contributed by atoms with Gasteiger partial charge in [-0.15, -0.1) is 4.80 Å². The number of nitrogens with one attached hydrogen (secondary N) is 1. The van der Waals surface area contributed by atoms with Crippen molar-refractivity contribution in [2.75, 3.05) is 13.7 Å². The molecule has 12 nitrogen and oxygen atoms in total. The molecule has 0 radical (unpaired) electrons. The fourth-order valence-corrected chi connectivity index (χ4v) is 5.72. The van der Waals surface area contributed by atoms with Gasteiger partial charge in [-0.1, -0.05) is 11.3 Å². The molecule has 0 spiro atoms. The maximum absolute atomic E-state index is 14.4. The Morgan fingerprint density at radius 3 is 2.56 bits per heavy atom. The monoisotopic (exact) mass is 583 g/mol. The lowest BCUT2D eigenvalue weighted by Gasteiger charge is -2.23. The Balaban J connectivity index is 1.99. The summed E-state index contributed by atoms with van der Waals surface area (Å²) in [5, 5.41) is 20.9. The predicted octanol–water partition coefficient (Wildman–Crippen LogP) is 3.02. The molecule has 4 aromatic rings. The van der Waals surface area contributed by atoms with E-state index in [9.17, 15) is 18.8 Å². The van der Waals surface area contributed by atoms with Gasteiger partial charge in [0.15, 0.2) is 0 Å². The third-order valence-electron chi connectivity index (χ3n) is 6.44. The number of thiophene rings is 1. The lowest BCUT2D eigenvalue weighted by molar-refractivity contribution is -0.124. The van der Waals surface area contributed by atoms with Gasteiger partial charge in [-0.2, -0.15) is 15.5 Å². The molecular formula is C27H30FN7O5S. The molecule has 1 N–H and O–H groups in total. The average Bonchev–Trinajstić information content (AvgIpc) is 3.58. The van der Waals surface area contributed by atoms with E-state index in [1.54, 1.807) is 20.8 Å². The predicted molar refractivity (Wildman–Crippen MR) is 150 cm³/mol. The number of aryl methyl sites for hydroxylation is 1. The smallest absolute Gasteiger partial charge is 0.332 e. The first-order valence-corrected chi connectivity index (χ1v) is 13.7. The van der Waals surface area contributed by atoms with E-state index in [0.29, 0.717) is 26.7 Å². The van der Waals surface area contributed by atoms with Crippen molar-refractivity contribution in [2.45, 2.75) is 58.8 Å². The molecule has 3 heterocycles. The van der Waals surface area contributed by atoms with E-state index in [4.69, 9.17) is 14.7 Å². The van der Waals surface area contributed by atoms with Crippen molar-refractivity contribution in [3.63, 3.8) is 0 Å². The number of fused-ring (bicyclic) bond motifs is 1. The zero-order chi connectivity index (χ0) is 29.8. The second-order valence-electron chi connectivity index (χ2n) is 9.59. The molecule has 0 aliphatic rings. The average molecular weight is 584 g/mol. The SMILES string of the molecule is COc1ccc(F)cc1C(Cn1c(=O)n([C@H](C)C(=O)NC(C)C)c(=O)c2c(C)c(-n3nccn3)sc21)OCCC#N. The van der Waals surface area contributed by atoms with Crippen LogP contribution in [0, 0.1) is 24.1 Å².